The van der Waals surface area contributed by atoms with E-state index in [1.54, 1.807) is 0 Å². The zero-order chi connectivity index (χ0) is 12.4. The van der Waals surface area contributed by atoms with Crippen LogP contribution in [0.5, 0.6) is 0 Å². The molecule has 0 fully saturated rings. The quantitative estimate of drug-likeness (QED) is 0.878. The van der Waals surface area contributed by atoms with Crippen LogP contribution in [0.2, 0.25) is 0 Å². The number of benzene rings is 1. The summed E-state index contributed by atoms with van der Waals surface area (Å²) in [7, 11) is 2.01. The maximum absolute atomic E-state index is 9.01. The van der Waals surface area contributed by atoms with Crippen LogP contribution in [0.4, 0.5) is 0 Å². The summed E-state index contributed by atoms with van der Waals surface area (Å²) in [6, 6.07) is 8.32. The maximum Gasteiger partial charge on any atom is 0.140 e. The van der Waals surface area contributed by atoms with Crippen molar-refractivity contribution in [1.29, 1.82) is 0 Å². The van der Waals surface area contributed by atoms with E-state index in [9.17, 15) is 0 Å². The fourth-order valence-corrected chi connectivity index (χ4v) is 2.02. The largest absolute Gasteiger partial charge is 0.396 e. The molecule has 0 atom stereocenters. The van der Waals surface area contributed by atoms with Gasteiger partial charge in [-0.05, 0) is 19.9 Å². The number of imidazole rings is 1. The molecule has 0 saturated heterocycles. The van der Waals surface area contributed by atoms with E-state index in [4.69, 9.17) is 5.11 Å². The Hall–Kier alpha value is -1.61. The summed E-state index contributed by atoms with van der Waals surface area (Å²) >= 11 is 0. The fraction of sp³-hybridized carbons (Fsp3) is 0.357. The number of aliphatic hydroxyl groups is 1. The number of hydrogen-bond donors (Lipinski definition) is 1. The molecule has 0 aliphatic carbocycles. The first kappa shape index (κ1) is 11.9. The Bertz CT molecular complexity index is 529. The SMILES string of the molecule is Cc1cccc(-c2nc(CCO)c(C)n2C)c1. The lowest BCUT2D eigenvalue weighted by Crippen LogP contribution is -1.96. The number of aryl methyl sites for hydroxylation is 1. The number of nitrogens with zero attached hydrogens (tertiary/aromatic N) is 2. The van der Waals surface area contributed by atoms with Gasteiger partial charge >= 0.3 is 0 Å². The molecule has 3 heteroatoms. The molecule has 2 rings (SSSR count). The molecule has 1 N–H and O–H groups in total. The van der Waals surface area contributed by atoms with E-state index in [1.165, 1.54) is 5.56 Å². The van der Waals surface area contributed by atoms with Gasteiger partial charge in [-0.3, -0.25) is 0 Å². The van der Waals surface area contributed by atoms with Crippen LogP contribution in [0.15, 0.2) is 24.3 Å². The number of aromatic nitrogens is 2. The molecule has 0 bridgehead atoms. The van der Waals surface area contributed by atoms with Gasteiger partial charge in [0.05, 0.1) is 5.69 Å². The van der Waals surface area contributed by atoms with Crippen LogP contribution in [0.3, 0.4) is 0 Å². The molecular weight excluding hydrogens is 212 g/mol. The minimum Gasteiger partial charge on any atom is -0.396 e. The highest BCUT2D eigenvalue weighted by atomic mass is 16.3. The van der Waals surface area contributed by atoms with Crippen molar-refractivity contribution >= 4 is 0 Å². The van der Waals surface area contributed by atoms with Crippen molar-refractivity contribution in [2.45, 2.75) is 20.3 Å². The Morgan fingerprint density at radius 1 is 1.29 bits per heavy atom. The van der Waals surface area contributed by atoms with Crippen molar-refractivity contribution in [3.63, 3.8) is 0 Å². The van der Waals surface area contributed by atoms with Gasteiger partial charge in [-0.2, -0.15) is 0 Å². The van der Waals surface area contributed by atoms with Gasteiger partial charge in [0.25, 0.3) is 0 Å². The van der Waals surface area contributed by atoms with E-state index in [-0.39, 0.29) is 6.61 Å². The van der Waals surface area contributed by atoms with Gasteiger partial charge in [-0.15, -0.1) is 0 Å². The van der Waals surface area contributed by atoms with Crippen molar-refractivity contribution in [1.82, 2.24) is 9.55 Å². The van der Waals surface area contributed by atoms with Crippen molar-refractivity contribution in [3.05, 3.63) is 41.2 Å². The third-order valence-electron chi connectivity index (χ3n) is 3.10. The van der Waals surface area contributed by atoms with Crippen LogP contribution in [0.1, 0.15) is 17.0 Å². The molecule has 0 aliphatic rings. The molecule has 3 nitrogen and oxygen atoms in total. The molecule has 0 radical (unpaired) electrons. The molecule has 0 unspecified atom stereocenters. The molecule has 1 aromatic carbocycles. The minimum absolute atomic E-state index is 0.144. The predicted octanol–water partition coefficient (Wildman–Crippen LogP) is 2.24. The van der Waals surface area contributed by atoms with E-state index in [2.05, 4.69) is 34.7 Å². The second-order valence-corrected chi connectivity index (χ2v) is 4.37. The zero-order valence-corrected chi connectivity index (χ0v) is 10.6. The Morgan fingerprint density at radius 2 is 2.06 bits per heavy atom. The number of rotatable bonds is 3. The lowest BCUT2D eigenvalue weighted by molar-refractivity contribution is 0.298. The Balaban J connectivity index is 2.49. The van der Waals surface area contributed by atoms with Crippen LogP contribution < -0.4 is 0 Å². The van der Waals surface area contributed by atoms with Gasteiger partial charge in [0.1, 0.15) is 5.82 Å². The van der Waals surface area contributed by atoms with Gasteiger partial charge in [-0.25, -0.2) is 4.98 Å². The molecule has 2 aromatic rings. The second kappa shape index (κ2) is 4.72. The van der Waals surface area contributed by atoms with Gasteiger partial charge < -0.3 is 9.67 Å². The average molecular weight is 230 g/mol. The molecule has 17 heavy (non-hydrogen) atoms. The van der Waals surface area contributed by atoms with Crippen LogP contribution in [0, 0.1) is 13.8 Å². The monoisotopic (exact) mass is 230 g/mol. The summed E-state index contributed by atoms with van der Waals surface area (Å²) in [5.74, 6) is 0.967. The molecule has 0 aliphatic heterocycles. The summed E-state index contributed by atoms with van der Waals surface area (Å²) in [6.45, 7) is 4.26. The van der Waals surface area contributed by atoms with E-state index >= 15 is 0 Å². The summed E-state index contributed by atoms with van der Waals surface area (Å²) in [5.41, 5.74) is 4.45. The minimum atomic E-state index is 0.144. The van der Waals surface area contributed by atoms with E-state index in [0.717, 1.165) is 22.8 Å². The maximum atomic E-state index is 9.01. The van der Waals surface area contributed by atoms with Crippen LogP contribution in [0.25, 0.3) is 11.4 Å². The first-order valence-corrected chi connectivity index (χ1v) is 5.83. The lowest BCUT2D eigenvalue weighted by Gasteiger charge is -2.03. The number of hydrogen-bond acceptors (Lipinski definition) is 2. The van der Waals surface area contributed by atoms with Crippen molar-refractivity contribution in [2.75, 3.05) is 6.61 Å². The van der Waals surface area contributed by atoms with Crippen LogP contribution >= 0.6 is 0 Å². The lowest BCUT2D eigenvalue weighted by atomic mass is 10.1. The highest BCUT2D eigenvalue weighted by Crippen LogP contribution is 2.22. The second-order valence-electron chi connectivity index (χ2n) is 4.37. The van der Waals surface area contributed by atoms with Crippen LogP contribution in [-0.4, -0.2) is 21.3 Å². The van der Waals surface area contributed by atoms with Gasteiger partial charge in [0.2, 0.25) is 0 Å². The fourth-order valence-electron chi connectivity index (χ4n) is 2.02. The first-order valence-electron chi connectivity index (χ1n) is 5.83. The third kappa shape index (κ3) is 2.24. The zero-order valence-electron chi connectivity index (χ0n) is 10.6. The molecular formula is C14H18N2O. The van der Waals surface area contributed by atoms with Gasteiger partial charge in [0, 0.05) is 31.3 Å². The van der Waals surface area contributed by atoms with Crippen molar-refractivity contribution in [2.24, 2.45) is 7.05 Å². The molecule has 1 aromatic heterocycles. The topological polar surface area (TPSA) is 38.1 Å². The first-order chi connectivity index (χ1) is 8.13. The van der Waals surface area contributed by atoms with E-state index in [0.29, 0.717) is 6.42 Å². The summed E-state index contributed by atoms with van der Waals surface area (Å²) in [6.07, 6.45) is 0.617. The Morgan fingerprint density at radius 3 is 2.71 bits per heavy atom. The normalized spacial score (nSPS) is 10.8. The van der Waals surface area contributed by atoms with Crippen molar-refractivity contribution < 1.29 is 5.11 Å². The standard InChI is InChI=1S/C14H18N2O/c1-10-5-4-6-12(9-10)14-15-13(7-8-17)11(2)16(14)3/h4-6,9,17H,7-8H2,1-3H3. The molecule has 0 spiro atoms. The van der Waals surface area contributed by atoms with Gasteiger partial charge in [0.15, 0.2) is 0 Å². The number of aliphatic hydroxyl groups excluding tert-OH is 1. The van der Waals surface area contributed by atoms with E-state index in [1.807, 2.05) is 20.0 Å². The summed E-state index contributed by atoms with van der Waals surface area (Å²) in [5, 5.41) is 9.01. The molecule has 0 saturated carbocycles. The molecule has 1 heterocycles. The Kier molecular flexibility index (Phi) is 3.29. The van der Waals surface area contributed by atoms with E-state index < -0.39 is 0 Å². The Labute approximate surface area is 102 Å². The molecule has 90 valence electrons. The average Bonchev–Trinajstić information content (AvgIpc) is 2.58. The highest BCUT2D eigenvalue weighted by molar-refractivity contribution is 5.58. The van der Waals surface area contributed by atoms with Crippen LogP contribution in [-0.2, 0) is 13.5 Å². The summed E-state index contributed by atoms with van der Waals surface area (Å²) < 4.78 is 2.08. The third-order valence-corrected chi connectivity index (χ3v) is 3.10. The summed E-state index contributed by atoms with van der Waals surface area (Å²) in [4.78, 5) is 4.61. The predicted molar refractivity (Wildman–Crippen MR) is 68.9 cm³/mol. The highest BCUT2D eigenvalue weighted by Gasteiger charge is 2.12. The smallest absolute Gasteiger partial charge is 0.140 e. The molecule has 0 amide bonds. The van der Waals surface area contributed by atoms with Gasteiger partial charge in [-0.1, -0.05) is 23.8 Å². The van der Waals surface area contributed by atoms with Crippen molar-refractivity contribution in [3.8, 4) is 11.4 Å².